The number of nitrogens with two attached hydrogens (primary N) is 1. The average Bonchev–Trinajstić information content (AvgIpc) is 2.37. The molecule has 2 rings (SSSR count). The fourth-order valence-electron chi connectivity index (χ4n) is 2.58. The quantitative estimate of drug-likeness (QED) is 0.867. The number of amides is 1. The SMILES string of the molecule is NC(=O)c1cccc(C(F)(F)F)c1C1CCNCC1. The van der Waals surface area contributed by atoms with Crippen molar-refractivity contribution >= 4 is 5.91 Å². The van der Waals surface area contributed by atoms with Crippen LogP contribution in [0.3, 0.4) is 0 Å². The largest absolute Gasteiger partial charge is 0.416 e. The maximum atomic E-state index is 13.1. The summed E-state index contributed by atoms with van der Waals surface area (Å²) in [5, 5.41) is 3.09. The standard InChI is InChI=1S/C13H15F3N2O/c14-13(15,16)10-3-1-2-9(12(17)19)11(10)8-4-6-18-7-5-8/h1-3,8,18H,4-7H2,(H2,17,19). The van der Waals surface area contributed by atoms with Crippen LogP contribution in [0.5, 0.6) is 0 Å². The van der Waals surface area contributed by atoms with Crippen LogP contribution in [0.4, 0.5) is 13.2 Å². The second-order valence-corrected chi connectivity index (χ2v) is 4.65. The summed E-state index contributed by atoms with van der Waals surface area (Å²) in [6.07, 6.45) is -3.31. The van der Waals surface area contributed by atoms with Gasteiger partial charge in [-0.2, -0.15) is 13.2 Å². The van der Waals surface area contributed by atoms with Gasteiger partial charge in [-0.15, -0.1) is 0 Å². The highest BCUT2D eigenvalue weighted by Crippen LogP contribution is 2.39. The van der Waals surface area contributed by atoms with Crippen LogP contribution in [0, 0.1) is 0 Å². The molecule has 0 bridgehead atoms. The molecule has 104 valence electrons. The van der Waals surface area contributed by atoms with Crippen LogP contribution in [-0.4, -0.2) is 19.0 Å². The second-order valence-electron chi connectivity index (χ2n) is 4.65. The average molecular weight is 272 g/mol. The number of benzene rings is 1. The zero-order chi connectivity index (χ0) is 14.0. The number of carbonyl (C=O) groups excluding carboxylic acids is 1. The van der Waals surface area contributed by atoms with E-state index in [-0.39, 0.29) is 17.0 Å². The van der Waals surface area contributed by atoms with Gasteiger partial charge in [0.15, 0.2) is 0 Å². The van der Waals surface area contributed by atoms with E-state index in [1.165, 1.54) is 12.1 Å². The molecule has 3 N–H and O–H groups in total. The Labute approximate surface area is 109 Å². The van der Waals surface area contributed by atoms with Crippen molar-refractivity contribution in [1.82, 2.24) is 5.32 Å². The van der Waals surface area contributed by atoms with Crippen molar-refractivity contribution in [3.63, 3.8) is 0 Å². The maximum Gasteiger partial charge on any atom is 0.416 e. The molecule has 19 heavy (non-hydrogen) atoms. The summed E-state index contributed by atoms with van der Waals surface area (Å²) < 4.78 is 39.2. The Morgan fingerprint density at radius 2 is 1.89 bits per heavy atom. The lowest BCUT2D eigenvalue weighted by molar-refractivity contribution is -0.138. The Balaban J connectivity index is 2.55. The van der Waals surface area contributed by atoms with Crippen LogP contribution >= 0.6 is 0 Å². The van der Waals surface area contributed by atoms with Gasteiger partial charge in [0.25, 0.3) is 0 Å². The molecule has 0 radical (unpaired) electrons. The molecular formula is C13H15F3N2O. The third-order valence-electron chi connectivity index (χ3n) is 3.42. The maximum absolute atomic E-state index is 13.1. The number of primary amides is 1. The molecule has 1 aromatic rings. The summed E-state index contributed by atoms with van der Waals surface area (Å²) in [6, 6.07) is 3.62. The van der Waals surface area contributed by atoms with Crippen LogP contribution in [0.2, 0.25) is 0 Å². The van der Waals surface area contributed by atoms with Crippen molar-refractivity contribution in [3.8, 4) is 0 Å². The van der Waals surface area contributed by atoms with Gasteiger partial charge in [0.1, 0.15) is 0 Å². The first-order chi connectivity index (χ1) is 8.91. The topological polar surface area (TPSA) is 55.1 Å². The molecule has 1 aliphatic heterocycles. The summed E-state index contributed by atoms with van der Waals surface area (Å²) in [6.45, 7) is 1.30. The van der Waals surface area contributed by atoms with Gasteiger partial charge in [-0.25, -0.2) is 0 Å². The number of hydrogen-bond acceptors (Lipinski definition) is 2. The van der Waals surface area contributed by atoms with Crippen molar-refractivity contribution in [2.24, 2.45) is 5.73 Å². The first-order valence-electron chi connectivity index (χ1n) is 6.12. The number of hydrogen-bond donors (Lipinski definition) is 2. The van der Waals surface area contributed by atoms with E-state index in [4.69, 9.17) is 5.73 Å². The molecule has 0 unspecified atom stereocenters. The Morgan fingerprint density at radius 1 is 1.26 bits per heavy atom. The number of carbonyl (C=O) groups is 1. The lowest BCUT2D eigenvalue weighted by Crippen LogP contribution is -2.29. The Kier molecular flexibility index (Phi) is 3.80. The second kappa shape index (κ2) is 5.21. The Bertz CT molecular complexity index is 479. The molecule has 0 aliphatic carbocycles. The molecule has 0 spiro atoms. The van der Waals surface area contributed by atoms with Gasteiger partial charge in [-0.05, 0) is 49.5 Å². The van der Waals surface area contributed by atoms with Gasteiger partial charge in [0.2, 0.25) is 5.91 Å². The predicted molar refractivity (Wildman–Crippen MR) is 64.8 cm³/mol. The van der Waals surface area contributed by atoms with Crippen LogP contribution in [0.25, 0.3) is 0 Å². The van der Waals surface area contributed by atoms with Crippen molar-refractivity contribution in [2.75, 3.05) is 13.1 Å². The van der Waals surface area contributed by atoms with Gasteiger partial charge in [0.05, 0.1) is 5.56 Å². The zero-order valence-electron chi connectivity index (χ0n) is 10.3. The third kappa shape index (κ3) is 2.89. The molecule has 1 saturated heterocycles. The summed E-state index contributed by atoms with van der Waals surface area (Å²) in [5.74, 6) is -1.08. The molecule has 1 amide bonds. The first kappa shape index (κ1) is 13.9. The van der Waals surface area contributed by atoms with Crippen molar-refractivity contribution in [2.45, 2.75) is 24.9 Å². The van der Waals surface area contributed by atoms with Gasteiger partial charge in [0, 0.05) is 5.56 Å². The van der Waals surface area contributed by atoms with E-state index in [9.17, 15) is 18.0 Å². The van der Waals surface area contributed by atoms with Crippen molar-refractivity contribution < 1.29 is 18.0 Å². The molecule has 0 saturated carbocycles. The van der Waals surface area contributed by atoms with E-state index < -0.39 is 17.6 Å². The zero-order valence-corrected chi connectivity index (χ0v) is 10.3. The fraction of sp³-hybridized carbons (Fsp3) is 0.462. The minimum absolute atomic E-state index is 0.0123. The fourth-order valence-corrected chi connectivity index (χ4v) is 2.58. The molecule has 0 aromatic heterocycles. The van der Waals surface area contributed by atoms with Crippen LogP contribution in [0.15, 0.2) is 18.2 Å². The molecule has 3 nitrogen and oxygen atoms in total. The normalized spacial score (nSPS) is 17.4. The number of piperidine rings is 1. The van der Waals surface area contributed by atoms with E-state index in [2.05, 4.69) is 5.32 Å². The van der Waals surface area contributed by atoms with Crippen molar-refractivity contribution in [3.05, 3.63) is 34.9 Å². The highest BCUT2D eigenvalue weighted by molar-refractivity contribution is 5.95. The minimum atomic E-state index is -4.47. The molecule has 1 aliphatic rings. The number of nitrogens with one attached hydrogen (secondary N) is 1. The number of alkyl halides is 3. The summed E-state index contributed by atoms with van der Waals surface area (Å²) in [4.78, 5) is 11.4. The number of rotatable bonds is 2. The monoisotopic (exact) mass is 272 g/mol. The van der Waals surface area contributed by atoms with E-state index in [1.807, 2.05) is 0 Å². The lowest BCUT2D eigenvalue weighted by atomic mass is 9.83. The molecule has 1 heterocycles. The summed E-state index contributed by atoms with van der Waals surface area (Å²) >= 11 is 0. The van der Waals surface area contributed by atoms with E-state index in [0.717, 1.165) is 6.07 Å². The number of halogens is 3. The highest BCUT2D eigenvalue weighted by Gasteiger charge is 2.37. The van der Waals surface area contributed by atoms with Gasteiger partial charge < -0.3 is 11.1 Å². The highest BCUT2D eigenvalue weighted by atomic mass is 19.4. The predicted octanol–water partition coefficient (Wildman–Crippen LogP) is 2.27. The van der Waals surface area contributed by atoms with Crippen molar-refractivity contribution in [1.29, 1.82) is 0 Å². The summed E-state index contributed by atoms with van der Waals surface area (Å²) in [5.41, 5.74) is 4.52. The van der Waals surface area contributed by atoms with Crippen LogP contribution in [0.1, 0.15) is 40.2 Å². The third-order valence-corrected chi connectivity index (χ3v) is 3.42. The Hall–Kier alpha value is -1.56. The Morgan fingerprint density at radius 3 is 2.42 bits per heavy atom. The van der Waals surface area contributed by atoms with E-state index >= 15 is 0 Å². The lowest BCUT2D eigenvalue weighted by Gasteiger charge is -2.27. The molecule has 1 fully saturated rings. The smallest absolute Gasteiger partial charge is 0.366 e. The van der Waals surface area contributed by atoms with Gasteiger partial charge in [-0.3, -0.25) is 4.79 Å². The summed E-state index contributed by atoms with van der Waals surface area (Å²) in [7, 11) is 0. The van der Waals surface area contributed by atoms with Gasteiger partial charge in [-0.1, -0.05) is 6.07 Å². The van der Waals surface area contributed by atoms with Gasteiger partial charge >= 0.3 is 6.18 Å². The van der Waals surface area contributed by atoms with E-state index in [0.29, 0.717) is 25.9 Å². The molecular weight excluding hydrogens is 257 g/mol. The minimum Gasteiger partial charge on any atom is -0.366 e. The molecule has 1 aromatic carbocycles. The molecule has 6 heteroatoms. The molecule has 0 atom stereocenters. The van der Waals surface area contributed by atoms with E-state index in [1.54, 1.807) is 0 Å². The van der Waals surface area contributed by atoms with Crippen LogP contribution < -0.4 is 11.1 Å². The first-order valence-corrected chi connectivity index (χ1v) is 6.12. The van der Waals surface area contributed by atoms with Crippen LogP contribution in [-0.2, 0) is 6.18 Å².